The second-order valence-electron chi connectivity index (χ2n) is 9.54. The molecule has 0 bridgehead atoms. The van der Waals surface area contributed by atoms with Gasteiger partial charge in [-0.05, 0) is 55.7 Å². The van der Waals surface area contributed by atoms with Crippen molar-refractivity contribution in [3.8, 4) is 6.07 Å². The van der Waals surface area contributed by atoms with E-state index in [-0.39, 0.29) is 28.8 Å². The third kappa shape index (κ3) is 5.29. The van der Waals surface area contributed by atoms with Gasteiger partial charge in [-0.2, -0.15) is 5.26 Å². The monoisotopic (exact) mass is 539 g/mol. The topological polar surface area (TPSA) is 72.6 Å². The molecule has 3 heterocycles. The van der Waals surface area contributed by atoms with Gasteiger partial charge in [0.15, 0.2) is 0 Å². The maximum absolute atomic E-state index is 13.4. The first-order valence-corrected chi connectivity index (χ1v) is 13.6. The van der Waals surface area contributed by atoms with Crippen molar-refractivity contribution >= 4 is 51.8 Å². The molecular formula is C27H30FN5O2S2. The molecule has 37 heavy (non-hydrogen) atoms. The number of aromatic nitrogens is 1. The van der Waals surface area contributed by atoms with Crippen LogP contribution in [0.1, 0.15) is 37.5 Å². The van der Waals surface area contributed by atoms with Crippen LogP contribution in [0.15, 0.2) is 34.0 Å². The van der Waals surface area contributed by atoms with E-state index in [4.69, 9.17) is 12.2 Å². The molecule has 0 atom stereocenters. The Hall–Kier alpha value is -3.16. The molecule has 194 valence electrons. The summed E-state index contributed by atoms with van der Waals surface area (Å²) in [6, 6.07) is 8.51. The lowest BCUT2D eigenvalue weighted by Gasteiger charge is -2.39. The van der Waals surface area contributed by atoms with Crippen LogP contribution in [0.3, 0.4) is 0 Å². The molecule has 2 aliphatic rings. The number of thiocarbonyl (C=S) groups is 1. The van der Waals surface area contributed by atoms with Gasteiger partial charge in [0.2, 0.25) is 0 Å². The normalized spacial score (nSPS) is 17.3. The van der Waals surface area contributed by atoms with E-state index in [1.807, 2.05) is 20.8 Å². The molecule has 1 amide bonds. The molecule has 2 aliphatic heterocycles. The number of nitriles is 1. The van der Waals surface area contributed by atoms with E-state index in [0.29, 0.717) is 65.4 Å². The minimum Gasteiger partial charge on any atom is -0.368 e. The third-order valence-corrected chi connectivity index (χ3v) is 8.01. The smallest absolute Gasteiger partial charge is 0.270 e. The highest BCUT2D eigenvalue weighted by atomic mass is 32.2. The fraction of sp³-hybridized carbons (Fsp3) is 0.407. The zero-order valence-electron chi connectivity index (χ0n) is 21.5. The lowest BCUT2D eigenvalue weighted by Crippen LogP contribution is -2.48. The second-order valence-corrected chi connectivity index (χ2v) is 11.2. The number of carbonyl (C=O) groups excluding carboxylic acids is 1. The Bertz CT molecular complexity index is 1350. The van der Waals surface area contributed by atoms with Gasteiger partial charge in [-0.3, -0.25) is 19.1 Å². The number of nitrogens with zero attached hydrogens (tertiary/aromatic N) is 5. The fourth-order valence-corrected chi connectivity index (χ4v) is 6.02. The van der Waals surface area contributed by atoms with Crippen molar-refractivity contribution in [2.45, 2.75) is 34.2 Å². The number of thioether (sulfide) groups is 1. The van der Waals surface area contributed by atoms with E-state index < -0.39 is 0 Å². The molecule has 2 aromatic rings. The highest BCUT2D eigenvalue weighted by Gasteiger charge is 2.34. The van der Waals surface area contributed by atoms with E-state index in [1.165, 1.54) is 23.9 Å². The molecule has 1 aromatic heterocycles. The van der Waals surface area contributed by atoms with Crippen LogP contribution in [-0.2, 0) is 11.3 Å². The summed E-state index contributed by atoms with van der Waals surface area (Å²) < 4.78 is 15.5. The van der Waals surface area contributed by atoms with Crippen molar-refractivity contribution in [1.82, 2.24) is 9.47 Å². The average molecular weight is 540 g/mol. The number of hydrogen-bond donors (Lipinski definition) is 0. The van der Waals surface area contributed by atoms with Gasteiger partial charge in [-0.15, -0.1) is 0 Å². The molecule has 0 saturated carbocycles. The summed E-state index contributed by atoms with van der Waals surface area (Å²) in [7, 11) is 0. The van der Waals surface area contributed by atoms with Gasteiger partial charge in [0.05, 0.1) is 4.91 Å². The van der Waals surface area contributed by atoms with Crippen LogP contribution in [0, 0.1) is 30.0 Å². The van der Waals surface area contributed by atoms with Crippen LogP contribution < -0.4 is 15.4 Å². The Morgan fingerprint density at radius 1 is 1.14 bits per heavy atom. The second kappa shape index (κ2) is 11.1. The van der Waals surface area contributed by atoms with Crippen LogP contribution in [0.5, 0.6) is 0 Å². The van der Waals surface area contributed by atoms with E-state index >= 15 is 0 Å². The molecule has 10 heteroatoms. The molecule has 2 saturated heterocycles. The first-order valence-electron chi connectivity index (χ1n) is 12.3. The van der Waals surface area contributed by atoms with E-state index in [1.54, 1.807) is 34.6 Å². The number of pyridine rings is 1. The van der Waals surface area contributed by atoms with Crippen LogP contribution in [0.25, 0.3) is 6.08 Å². The molecule has 0 unspecified atom stereocenters. The Kier molecular flexibility index (Phi) is 8.05. The zero-order chi connectivity index (χ0) is 26.9. The van der Waals surface area contributed by atoms with Crippen molar-refractivity contribution in [3.63, 3.8) is 0 Å². The summed E-state index contributed by atoms with van der Waals surface area (Å²) in [5.74, 6) is 0.550. The molecule has 7 nitrogen and oxygen atoms in total. The highest BCUT2D eigenvalue weighted by Crippen LogP contribution is 2.36. The maximum Gasteiger partial charge on any atom is 0.270 e. The number of anilines is 2. The molecular weight excluding hydrogens is 509 g/mol. The number of amides is 1. The van der Waals surface area contributed by atoms with Crippen LogP contribution >= 0.6 is 24.0 Å². The largest absolute Gasteiger partial charge is 0.368 e. The Balaban J connectivity index is 1.75. The minimum atomic E-state index is -0.331. The Morgan fingerprint density at radius 3 is 2.32 bits per heavy atom. The minimum absolute atomic E-state index is 0.0828. The van der Waals surface area contributed by atoms with Crippen molar-refractivity contribution in [2.75, 3.05) is 42.5 Å². The van der Waals surface area contributed by atoms with Gasteiger partial charge in [0.1, 0.15) is 27.6 Å². The molecule has 0 spiro atoms. The number of rotatable bonds is 6. The standard InChI is InChI=1S/C27H30FN5O2S2/c1-5-32-24(31-12-10-30(11-13-31)20-8-6-19(28)7-9-20)21(18(4)22(15-29)25(32)34)14-23-26(35)33(16-17(2)3)27(36)37-23/h6-9,14,17H,5,10-13,16H2,1-4H3. The summed E-state index contributed by atoms with van der Waals surface area (Å²) in [6.45, 7) is 11.2. The van der Waals surface area contributed by atoms with Crippen molar-refractivity contribution in [2.24, 2.45) is 5.92 Å². The lowest BCUT2D eigenvalue weighted by molar-refractivity contribution is -0.122. The summed E-state index contributed by atoms with van der Waals surface area (Å²) in [4.78, 5) is 32.9. The highest BCUT2D eigenvalue weighted by molar-refractivity contribution is 8.26. The molecule has 0 N–H and O–H groups in total. The van der Waals surface area contributed by atoms with Crippen molar-refractivity contribution in [3.05, 3.63) is 62.0 Å². The van der Waals surface area contributed by atoms with Gasteiger partial charge < -0.3 is 9.80 Å². The number of carbonyl (C=O) groups is 1. The van der Waals surface area contributed by atoms with Gasteiger partial charge in [0, 0.05) is 50.5 Å². The van der Waals surface area contributed by atoms with Gasteiger partial charge in [-0.1, -0.05) is 37.8 Å². The Morgan fingerprint density at radius 2 is 1.76 bits per heavy atom. The lowest BCUT2D eigenvalue weighted by atomic mass is 10.0. The number of piperazine rings is 1. The quantitative estimate of drug-likeness (QED) is 0.399. The molecule has 4 rings (SSSR count). The van der Waals surface area contributed by atoms with E-state index in [9.17, 15) is 19.2 Å². The van der Waals surface area contributed by atoms with Crippen molar-refractivity contribution in [1.29, 1.82) is 5.26 Å². The SMILES string of the molecule is CCn1c(N2CCN(c3ccc(F)cc3)CC2)c(C=C2SC(=S)N(CC(C)C)C2=O)c(C)c(C#N)c1=O. The predicted molar refractivity (Wildman–Crippen MR) is 151 cm³/mol. The summed E-state index contributed by atoms with van der Waals surface area (Å²) in [6.07, 6.45) is 1.79. The molecule has 1 aromatic carbocycles. The summed E-state index contributed by atoms with van der Waals surface area (Å²) in [5, 5.41) is 9.79. The Labute approximate surface area is 226 Å². The van der Waals surface area contributed by atoms with Gasteiger partial charge >= 0.3 is 0 Å². The first-order chi connectivity index (χ1) is 17.7. The van der Waals surface area contributed by atoms with Crippen LogP contribution in [0.4, 0.5) is 15.9 Å². The van der Waals surface area contributed by atoms with Gasteiger partial charge in [0.25, 0.3) is 11.5 Å². The van der Waals surface area contributed by atoms with E-state index in [2.05, 4.69) is 15.9 Å². The van der Waals surface area contributed by atoms with Crippen LogP contribution in [-0.4, -0.2) is 52.4 Å². The van der Waals surface area contributed by atoms with Crippen molar-refractivity contribution < 1.29 is 9.18 Å². The zero-order valence-corrected chi connectivity index (χ0v) is 23.1. The van der Waals surface area contributed by atoms with Crippen LogP contribution in [0.2, 0.25) is 0 Å². The molecule has 0 aliphatic carbocycles. The van der Waals surface area contributed by atoms with E-state index in [0.717, 1.165) is 5.69 Å². The first kappa shape index (κ1) is 26.9. The number of benzene rings is 1. The fourth-order valence-electron chi connectivity index (χ4n) is 4.76. The molecule has 0 radical (unpaired) electrons. The maximum atomic E-state index is 13.4. The summed E-state index contributed by atoms with van der Waals surface area (Å²) >= 11 is 6.74. The number of halogens is 1. The molecule has 2 fully saturated rings. The predicted octanol–water partition coefficient (Wildman–Crippen LogP) is 4.37. The van der Waals surface area contributed by atoms with Gasteiger partial charge in [-0.25, -0.2) is 4.39 Å². The third-order valence-electron chi connectivity index (χ3n) is 6.63. The number of hydrogen-bond acceptors (Lipinski definition) is 7. The average Bonchev–Trinajstić information content (AvgIpc) is 3.13. The summed E-state index contributed by atoms with van der Waals surface area (Å²) in [5.41, 5.74) is 1.95.